The van der Waals surface area contributed by atoms with Gasteiger partial charge in [0.2, 0.25) is 10.0 Å². The molecule has 1 aliphatic rings. The number of sulfonamides is 1. The van der Waals surface area contributed by atoms with Gasteiger partial charge in [0, 0.05) is 24.3 Å². The van der Waals surface area contributed by atoms with E-state index in [1.807, 2.05) is 31.2 Å². The normalized spacial score (nSPS) is 15.8. The lowest BCUT2D eigenvalue weighted by Gasteiger charge is -2.18. The van der Waals surface area contributed by atoms with Crippen molar-refractivity contribution in [2.24, 2.45) is 0 Å². The van der Waals surface area contributed by atoms with Gasteiger partial charge in [-0.1, -0.05) is 31.2 Å². The number of benzene rings is 2. The van der Waals surface area contributed by atoms with E-state index >= 15 is 0 Å². The van der Waals surface area contributed by atoms with E-state index in [0.717, 1.165) is 17.8 Å². The molecule has 0 saturated carbocycles. The van der Waals surface area contributed by atoms with Gasteiger partial charge >= 0.3 is 0 Å². The molecule has 3 rings (SSSR count). The van der Waals surface area contributed by atoms with Crippen molar-refractivity contribution >= 4 is 27.3 Å². The van der Waals surface area contributed by atoms with Crippen LogP contribution in [0.4, 0.5) is 11.4 Å². The third-order valence-corrected chi connectivity index (χ3v) is 6.20. The summed E-state index contributed by atoms with van der Waals surface area (Å²) in [6.45, 7) is 3.99. The number of rotatable bonds is 6. The first-order chi connectivity index (χ1) is 12.5. The van der Waals surface area contributed by atoms with E-state index in [1.165, 1.54) is 4.31 Å². The highest BCUT2D eigenvalue weighted by Gasteiger charge is 2.28. The number of hydrogen-bond acceptors (Lipinski definition) is 4. The zero-order chi connectivity index (χ0) is 18.6. The van der Waals surface area contributed by atoms with Crippen molar-refractivity contribution in [3.63, 3.8) is 0 Å². The molecule has 0 unspecified atom stereocenters. The first kappa shape index (κ1) is 18.4. The minimum absolute atomic E-state index is 0.154. The maximum absolute atomic E-state index is 12.7. The average molecular weight is 373 g/mol. The van der Waals surface area contributed by atoms with Crippen molar-refractivity contribution in [1.29, 1.82) is 0 Å². The molecule has 2 aromatic carbocycles. The van der Waals surface area contributed by atoms with Gasteiger partial charge in [0.25, 0.3) is 5.91 Å². The van der Waals surface area contributed by atoms with Gasteiger partial charge in [-0.2, -0.15) is 0 Å². The van der Waals surface area contributed by atoms with Crippen molar-refractivity contribution in [3.05, 3.63) is 59.7 Å². The lowest BCUT2D eigenvalue weighted by Crippen LogP contribution is -2.25. The standard InChI is InChI=1S/C19H23N3O3S/c1-2-20-14-16-7-3-4-10-18(16)21-19(23)15-8-5-9-17(13-15)22-11-6-12-26(22,24)25/h3-5,7-10,13,20H,2,6,11-12,14H2,1H3,(H,21,23). The third-order valence-electron chi connectivity index (χ3n) is 4.33. The highest BCUT2D eigenvalue weighted by Crippen LogP contribution is 2.25. The SMILES string of the molecule is CCNCc1ccccc1NC(=O)c1cccc(N2CCCS2(=O)=O)c1. The number of anilines is 2. The lowest BCUT2D eigenvalue weighted by molar-refractivity contribution is 0.102. The van der Waals surface area contributed by atoms with Gasteiger partial charge in [0.15, 0.2) is 0 Å². The van der Waals surface area contributed by atoms with Crippen LogP contribution in [0.1, 0.15) is 29.3 Å². The second-order valence-electron chi connectivity index (χ2n) is 6.18. The van der Waals surface area contributed by atoms with Gasteiger partial charge in [0.1, 0.15) is 0 Å². The molecule has 1 amide bonds. The summed E-state index contributed by atoms with van der Waals surface area (Å²) >= 11 is 0. The predicted molar refractivity (Wildman–Crippen MR) is 104 cm³/mol. The highest BCUT2D eigenvalue weighted by molar-refractivity contribution is 7.93. The van der Waals surface area contributed by atoms with Crippen molar-refractivity contribution in [2.45, 2.75) is 19.9 Å². The first-order valence-electron chi connectivity index (χ1n) is 8.72. The van der Waals surface area contributed by atoms with Crippen LogP contribution < -0.4 is 14.9 Å². The van der Waals surface area contributed by atoms with E-state index in [2.05, 4.69) is 10.6 Å². The van der Waals surface area contributed by atoms with Crippen LogP contribution in [0.15, 0.2) is 48.5 Å². The topological polar surface area (TPSA) is 78.5 Å². The average Bonchev–Trinajstić information content (AvgIpc) is 3.00. The van der Waals surface area contributed by atoms with Gasteiger partial charge in [-0.25, -0.2) is 8.42 Å². The van der Waals surface area contributed by atoms with Crippen molar-refractivity contribution in [1.82, 2.24) is 5.32 Å². The minimum Gasteiger partial charge on any atom is -0.322 e. The van der Waals surface area contributed by atoms with Crippen LogP contribution in [0.25, 0.3) is 0 Å². The van der Waals surface area contributed by atoms with Crippen molar-refractivity contribution in [2.75, 3.05) is 28.5 Å². The summed E-state index contributed by atoms with van der Waals surface area (Å²) in [4.78, 5) is 12.7. The smallest absolute Gasteiger partial charge is 0.255 e. The fourth-order valence-corrected chi connectivity index (χ4v) is 4.54. The van der Waals surface area contributed by atoms with Gasteiger partial charge in [-0.05, 0) is 42.8 Å². The predicted octanol–water partition coefficient (Wildman–Crippen LogP) is 2.59. The molecule has 6 nitrogen and oxygen atoms in total. The Hall–Kier alpha value is -2.38. The second kappa shape index (κ2) is 7.88. The first-order valence-corrected chi connectivity index (χ1v) is 10.3. The van der Waals surface area contributed by atoms with Gasteiger partial charge in [0.05, 0.1) is 11.4 Å². The molecule has 7 heteroatoms. The number of nitrogens with one attached hydrogen (secondary N) is 2. The second-order valence-corrected chi connectivity index (χ2v) is 8.20. The molecule has 2 aromatic rings. The lowest BCUT2D eigenvalue weighted by atomic mass is 10.1. The highest BCUT2D eigenvalue weighted by atomic mass is 32.2. The molecule has 0 aromatic heterocycles. The summed E-state index contributed by atoms with van der Waals surface area (Å²) in [6, 6.07) is 14.4. The third kappa shape index (κ3) is 4.05. The Morgan fingerprint density at radius 2 is 1.96 bits per heavy atom. The molecule has 0 spiro atoms. The van der Waals surface area contributed by atoms with Gasteiger partial charge in [-0.3, -0.25) is 9.10 Å². The maximum atomic E-state index is 12.7. The van der Waals surface area contributed by atoms with E-state index in [1.54, 1.807) is 24.3 Å². The number of amides is 1. The maximum Gasteiger partial charge on any atom is 0.255 e. The molecule has 1 saturated heterocycles. The van der Waals surface area contributed by atoms with Crippen LogP contribution in [0.2, 0.25) is 0 Å². The summed E-state index contributed by atoms with van der Waals surface area (Å²) < 4.78 is 25.6. The van der Waals surface area contributed by atoms with Crippen LogP contribution in [0, 0.1) is 0 Å². The fourth-order valence-electron chi connectivity index (χ4n) is 2.98. The molecule has 0 radical (unpaired) electrons. The molecule has 26 heavy (non-hydrogen) atoms. The zero-order valence-corrected chi connectivity index (χ0v) is 15.6. The monoisotopic (exact) mass is 373 g/mol. The van der Waals surface area contributed by atoms with Gasteiger partial charge in [-0.15, -0.1) is 0 Å². The zero-order valence-electron chi connectivity index (χ0n) is 14.7. The molecule has 0 bridgehead atoms. The van der Waals surface area contributed by atoms with E-state index in [4.69, 9.17) is 0 Å². The number of hydrogen-bond donors (Lipinski definition) is 2. The molecule has 138 valence electrons. The Labute approximate surface area is 154 Å². The van der Waals surface area contributed by atoms with E-state index in [0.29, 0.717) is 30.8 Å². The number of carbonyl (C=O) groups is 1. The molecule has 1 aliphatic heterocycles. The summed E-state index contributed by atoms with van der Waals surface area (Å²) in [7, 11) is -3.27. The molecule has 1 heterocycles. The van der Waals surface area contributed by atoms with E-state index < -0.39 is 10.0 Å². The number of nitrogens with zero attached hydrogens (tertiary/aromatic N) is 1. The molecule has 2 N–H and O–H groups in total. The Morgan fingerprint density at radius 1 is 1.15 bits per heavy atom. The molecular formula is C19H23N3O3S. The summed E-state index contributed by atoms with van der Waals surface area (Å²) in [6.07, 6.45) is 0.608. The van der Waals surface area contributed by atoms with Crippen LogP contribution in [0.5, 0.6) is 0 Å². The van der Waals surface area contributed by atoms with E-state index in [9.17, 15) is 13.2 Å². The summed E-state index contributed by atoms with van der Waals surface area (Å²) in [5, 5.41) is 6.18. The van der Waals surface area contributed by atoms with Crippen LogP contribution in [-0.2, 0) is 16.6 Å². The summed E-state index contributed by atoms with van der Waals surface area (Å²) in [5.41, 5.74) is 2.72. The largest absolute Gasteiger partial charge is 0.322 e. The van der Waals surface area contributed by atoms with Crippen LogP contribution in [0.3, 0.4) is 0 Å². The number of para-hydroxylation sites is 1. The Balaban J connectivity index is 1.80. The Bertz CT molecular complexity index is 896. The number of carbonyl (C=O) groups excluding carboxylic acids is 1. The molecule has 0 atom stereocenters. The van der Waals surface area contributed by atoms with E-state index in [-0.39, 0.29) is 11.7 Å². The molecule has 0 aliphatic carbocycles. The fraction of sp³-hybridized carbons (Fsp3) is 0.316. The van der Waals surface area contributed by atoms with Crippen molar-refractivity contribution in [3.8, 4) is 0 Å². The minimum atomic E-state index is -3.27. The van der Waals surface area contributed by atoms with Crippen LogP contribution >= 0.6 is 0 Å². The van der Waals surface area contributed by atoms with Crippen LogP contribution in [-0.4, -0.2) is 33.2 Å². The summed E-state index contributed by atoms with van der Waals surface area (Å²) in [5.74, 6) is -0.103. The Morgan fingerprint density at radius 3 is 2.69 bits per heavy atom. The molecular weight excluding hydrogens is 350 g/mol. The molecule has 1 fully saturated rings. The van der Waals surface area contributed by atoms with Gasteiger partial charge < -0.3 is 10.6 Å². The quantitative estimate of drug-likeness (QED) is 0.816. The van der Waals surface area contributed by atoms with Crippen molar-refractivity contribution < 1.29 is 13.2 Å². The Kier molecular flexibility index (Phi) is 5.58.